The Balaban J connectivity index is 2.06. The number of aryl methyl sites for hydroxylation is 1. The standard InChI is InChI=1S/C12H18N4S/c1-9(2)14-5-11-4-13-7-16(11)6-12-10(3)15-8-17-12/h4,7-9,14H,5-6H2,1-3H3. The lowest BCUT2D eigenvalue weighted by Gasteiger charge is -2.10. The number of aromatic nitrogens is 3. The minimum absolute atomic E-state index is 0.489. The van der Waals surface area contributed by atoms with Gasteiger partial charge in [-0.25, -0.2) is 9.97 Å². The third-order valence-corrected chi connectivity index (χ3v) is 3.57. The summed E-state index contributed by atoms with van der Waals surface area (Å²) < 4.78 is 2.18. The van der Waals surface area contributed by atoms with Gasteiger partial charge in [-0.1, -0.05) is 13.8 Å². The van der Waals surface area contributed by atoms with E-state index < -0.39 is 0 Å². The summed E-state index contributed by atoms with van der Waals surface area (Å²) in [6.07, 6.45) is 3.81. The van der Waals surface area contributed by atoms with Crippen molar-refractivity contribution in [2.24, 2.45) is 0 Å². The van der Waals surface area contributed by atoms with Gasteiger partial charge >= 0.3 is 0 Å². The van der Waals surface area contributed by atoms with E-state index in [0.29, 0.717) is 6.04 Å². The second-order valence-corrected chi connectivity index (χ2v) is 5.35. The van der Waals surface area contributed by atoms with Gasteiger partial charge in [0, 0.05) is 23.7 Å². The van der Waals surface area contributed by atoms with Gasteiger partial charge in [-0.3, -0.25) is 0 Å². The highest BCUT2D eigenvalue weighted by molar-refractivity contribution is 7.09. The van der Waals surface area contributed by atoms with Crippen molar-refractivity contribution in [3.63, 3.8) is 0 Å². The van der Waals surface area contributed by atoms with Gasteiger partial charge in [-0.05, 0) is 6.92 Å². The summed E-state index contributed by atoms with van der Waals surface area (Å²) in [5, 5.41) is 3.41. The van der Waals surface area contributed by atoms with Crippen LogP contribution in [-0.2, 0) is 13.1 Å². The quantitative estimate of drug-likeness (QED) is 0.884. The van der Waals surface area contributed by atoms with Gasteiger partial charge in [0.15, 0.2) is 0 Å². The molecule has 2 aromatic rings. The van der Waals surface area contributed by atoms with Crippen LogP contribution in [0.15, 0.2) is 18.0 Å². The third kappa shape index (κ3) is 3.14. The van der Waals surface area contributed by atoms with Gasteiger partial charge in [0.25, 0.3) is 0 Å². The lowest BCUT2D eigenvalue weighted by atomic mass is 10.3. The minimum Gasteiger partial charge on any atom is -0.328 e. The molecule has 0 aromatic carbocycles. The van der Waals surface area contributed by atoms with Crippen molar-refractivity contribution in [2.75, 3.05) is 0 Å². The molecule has 0 unspecified atom stereocenters. The van der Waals surface area contributed by atoms with Gasteiger partial charge in [-0.2, -0.15) is 0 Å². The fourth-order valence-electron chi connectivity index (χ4n) is 1.58. The van der Waals surface area contributed by atoms with Gasteiger partial charge < -0.3 is 9.88 Å². The SMILES string of the molecule is Cc1ncsc1Cn1cncc1CNC(C)C. The average molecular weight is 250 g/mol. The topological polar surface area (TPSA) is 42.7 Å². The Morgan fingerprint density at radius 2 is 2.29 bits per heavy atom. The molecule has 0 aliphatic carbocycles. The Morgan fingerprint density at radius 3 is 2.94 bits per heavy atom. The van der Waals surface area contributed by atoms with E-state index in [0.717, 1.165) is 18.8 Å². The van der Waals surface area contributed by atoms with E-state index in [4.69, 9.17) is 0 Å². The molecule has 0 saturated carbocycles. The highest BCUT2D eigenvalue weighted by atomic mass is 32.1. The molecule has 0 spiro atoms. The van der Waals surface area contributed by atoms with Crippen LogP contribution in [-0.4, -0.2) is 20.6 Å². The number of rotatable bonds is 5. The molecule has 0 amide bonds. The van der Waals surface area contributed by atoms with E-state index >= 15 is 0 Å². The van der Waals surface area contributed by atoms with Crippen LogP contribution >= 0.6 is 11.3 Å². The molecular formula is C12H18N4S. The molecule has 0 radical (unpaired) electrons. The molecule has 0 aliphatic rings. The Morgan fingerprint density at radius 1 is 1.47 bits per heavy atom. The summed E-state index contributed by atoms with van der Waals surface area (Å²) in [7, 11) is 0. The van der Waals surface area contributed by atoms with Gasteiger partial charge in [-0.15, -0.1) is 11.3 Å². The molecule has 0 atom stereocenters. The zero-order valence-electron chi connectivity index (χ0n) is 10.5. The number of nitrogens with zero attached hydrogens (tertiary/aromatic N) is 3. The molecule has 5 heteroatoms. The van der Waals surface area contributed by atoms with E-state index in [9.17, 15) is 0 Å². The Kier molecular flexibility index (Phi) is 3.91. The van der Waals surface area contributed by atoms with Crippen LogP contribution in [0.25, 0.3) is 0 Å². The molecule has 0 fully saturated rings. The highest BCUT2D eigenvalue weighted by Gasteiger charge is 2.06. The van der Waals surface area contributed by atoms with Crippen LogP contribution in [0.1, 0.15) is 30.1 Å². The van der Waals surface area contributed by atoms with Crippen molar-refractivity contribution >= 4 is 11.3 Å². The molecule has 2 aromatic heterocycles. The van der Waals surface area contributed by atoms with E-state index in [1.54, 1.807) is 11.3 Å². The molecule has 2 rings (SSSR count). The predicted molar refractivity (Wildman–Crippen MR) is 70.2 cm³/mol. The lowest BCUT2D eigenvalue weighted by molar-refractivity contribution is 0.565. The van der Waals surface area contributed by atoms with Crippen LogP contribution < -0.4 is 5.32 Å². The highest BCUT2D eigenvalue weighted by Crippen LogP contribution is 2.14. The molecule has 0 bridgehead atoms. The maximum Gasteiger partial charge on any atom is 0.0952 e. The Bertz CT molecular complexity index is 472. The molecule has 92 valence electrons. The van der Waals surface area contributed by atoms with E-state index in [1.165, 1.54) is 10.6 Å². The molecule has 1 N–H and O–H groups in total. The van der Waals surface area contributed by atoms with Crippen LogP contribution in [0, 0.1) is 6.92 Å². The Hall–Kier alpha value is -1.20. The van der Waals surface area contributed by atoms with Crippen LogP contribution in [0.3, 0.4) is 0 Å². The van der Waals surface area contributed by atoms with Crippen molar-refractivity contribution < 1.29 is 0 Å². The maximum absolute atomic E-state index is 4.27. The van der Waals surface area contributed by atoms with Gasteiger partial charge in [0.05, 0.1) is 29.8 Å². The third-order valence-electron chi connectivity index (χ3n) is 2.65. The summed E-state index contributed by atoms with van der Waals surface area (Å²) in [5.41, 5.74) is 4.23. The first kappa shape index (κ1) is 12.3. The number of hydrogen-bond acceptors (Lipinski definition) is 4. The maximum atomic E-state index is 4.27. The molecule has 2 heterocycles. The van der Waals surface area contributed by atoms with Gasteiger partial charge in [0.2, 0.25) is 0 Å². The van der Waals surface area contributed by atoms with E-state index in [1.807, 2.05) is 18.0 Å². The predicted octanol–water partition coefficient (Wildman–Crippen LogP) is 2.19. The van der Waals surface area contributed by atoms with Crippen LogP contribution in [0.5, 0.6) is 0 Å². The fraction of sp³-hybridized carbons (Fsp3) is 0.500. The second kappa shape index (κ2) is 5.42. The number of hydrogen-bond donors (Lipinski definition) is 1. The smallest absolute Gasteiger partial charge is 0.0952 e. The minimum atomic E-state index is 0.489. The number of thiazole rings is 1. The molecule has 4 nitrogen and oxygen atoms in total. The lowest BCUT2D eigenvalue weighted by Crippen LogP contribution is -2.23. The summed E-state index contributed by atoms with van der Waals surface area (Å²) in [5.74, 6) is 0. The molecule has 17 heavy (non-hydrogen) atoms. The largest absolute Gasteiger partial charge is 0.328 e. The number of nitrogens with one attached hydrogen (secondary N) is 1. The van der Waals surface area contributed by atoms with Crippen molar-refractivity contribution in [1.82, 2.24) is 19.9 Å². The zero-order chi connectivity index (χ0) is 12.3. The summed E-state index contributed by atoms with van der Waals surface area (Å²) in [4.78, 5) is 9.79. The zero-order valence-corrected chi connectivity index (χ0v) is 11.3. The van der Waals surface area contributed by atoms with Crippen molar-refractivity contribution in [1.29, 1.82) is 0 Å². The fourth-order valence-corrected chi connectivity index (χ4v) is 2.35. The normalized spacial score (nSPS) is 11.3. The van der Waals surface area contributed by atoms with Crippen molar-refractivity contribution in [3.8, 4) is 0 Å². The van der Waals surface area contributed by atoms with E-state index in [-0.39, 0.29) is 0 Å². The molecule has 0 aliphatic heterocycles. The first-order valence-electron chi connectivity index (χ1n) is 5.78. The van der Waals surface area contributed by atoms with Gasteiger partial charge in [0.1, 0.15) is 0 Å². The second-order valence-electron chi connectivity index (χ2n) is 4.41. The van der Waals surface area contributed by atoms with Crippen molar-refractivity contribution in [3.05, 3.63) is 34.3 Å². The first-order valence-corrected chi connectivity index (χ1v) is 6.66. The monoisotopic (exact) mass is 250 g/mol. The molecular weight excluding hydrogens is 232 g/mol. The van der Waals surface area contributed by atoms with Crippen LogP contribution in [0.4, 0.5) is 0 Å². The summed E-state index contributed by atoms with van der Waals surface area (Å²) in [6, 6.07) is 0.489. The van der Waals surface area contributed by atoms with Crippen molar-refractivity contribution in [2.45, 2.75) is 39.9 Å². The Labute approximate surface area is 106 Å². The number of imidazole rings is 1. The van der Waals surface area contributed by atoms with E-state index in [2.05, 4.69) is 40.6 Å². The molecule has 0 saturated heterocycles. The summed E-state index contributed by atoms with van der Waals surface area (Å²) >= 11 is 1.70. The first-order chi connectivity index (χ1) is 8.16. The van der Waals surface area contributed by atoms with Crippen LogP contribution in [0.2, 0.25) is 0 Å². The average Bonchev–Trinajstić information content (AvgIpc) is 2.87. The summed E-state index contributed by atoms with van der Waals surface area (Å²) in [6.45, 7) is 8.07.